The number of nitrogens with one attached hydrogen (secondary N) is 1. The third-order valence-corrected chi connectivity index (χ3v) is 11.5. The summed E-state index contributed by atoms with van der Waals surface area (Å²) < 4.78 is 2.04. The normalized spacial score (nSPS) is 22.3. The number of allylic oxidation sites excluding steroid dienone is 7. The molecule has 1 saturated heterocycles. The van der Waals surface area contributed by atoms with Gasteiger partial charge in [-0.1, -0.05) is 63.3 Å². The lowest BCUT2D eigenvalue weighted by atomic mass is 9.78. The molecule has 1 aromatic heterocycles. The number of hydrogen-bond acceptors (Lipinski definition) is 7. The van der Waals surface area contributed by atoms with Crippen molar-refractivity contribution in [1.29, 1.82) is 0 Å². The molecular weight excluding hydrogens is 669 g/mol. The number of likely N-dealkylation sites (tertiary alicyclic amines) is 1. The van der Waals surface area contributed by atoms with Gasteiger partial charge in [-0.3, -0.25) is 19.5 Å². The summed E-state index contributed by atoms with van der Waals surface area (Å²) >= 11 is 0. The standard InChI is InChI=1S/C43H52N8O.C2H6.H2/c1-28-18-21-43(2,47-37-16-14-32(24-36(37)30-8-7-9-30)42(52)50(5)35-19-22-49(4)23-20-35)46-27-33-15-17-38-40(39(28)33)41(51(6)48-38)31-12-10-29(11-13-31)34(25-44)26-45-3;1-2;/h7-14,16,24-28,35,47H,15,17-23,44H2,1-6H3;1-2H3;1H/b34-25+,45-26?,46-27-;;. The molecule has 7 rings (SSSR count). The zero-order valence-corrected chi connectivity index (χ0v) is 33.5. The Labute approximate surface area is 323 Å². The SMILES string of the molecule is CC.CN=C/C(=C\N)c1ccc(-c2c3c(nn2C)CCC2=C3C(C)CCC(C)(Nc3ccc(C(=O)N(C)C4CCN(C)CC4)cc3C3=CC=C3)/N=C\2)cc1.[HH]. The van der Waals surface area contributed by atoms with Gasteiger partial charge in [-0.15, -0.1) is 0 Å². The number of aromatic nitrogens is 2. The van der Waals surface area contributed by atoms with Crippen LogP contribution in [-0.4, -0.2) is 83.9 Å². The predicted octanol–water partition coefficient (Wildman–Crippen LogP) is 8.51. The molecule has 2 aromatic carbocycles. The second-order valence-corrected chi connectivity index (χ2v) is 15.1. The summed E-state index contributed by atoms with van der Waals surface area (Å²) in [7, 11) is 7.91. The molecule has 1 fully saturated rings. The van der Waals surface area contributed by atoms with Gasteiger partial charge < -0.3 is 20.9 Å². The minimum atomic E-state index is -0.518. The number of hydrogen-bond donors (Lipinski definition) is 2. The predicted molar refractivity (Wildman–Crippen MR) is 229 cm³/mol. The van der Waals surface area contributed by atoms with Crippen molar-refractivity contribution in [3.63, 3.8) is 0 Å². The average Bonchev–Trinajstić information content (AvgIpc) is 3.50. The summed E-state index contributed by atoms with van der Waals surface area (Å²) in [4.78, 5) is 27.5. The van der Waals surface area contributed by atoms with E-state index in [0.717, 1.165) is 102 Å². The van der Waals surface area contributed by atoms with Crippen molar-refractivity contribution in [3.8, 4) is 11.3 Å². The Balaban J connectivity index is 0.00000190. The third kappa shape index (κ3) is 7.78. The number of carbonyl (C=O) groups is 1. The number of rotatable bonds is 8. The fraction of sp³-hybridized carbons (Fsp3) is 0.422. The summed E-state index contributed by atoms with van der Waals surface area (Å²) in [5.74, 6) is 0.392. The van der Waals surface area contributed by atoms with Crippen molar-refractivity contribution in [3.05, 3.63) is 100 Å². The van der Waals surface area contributed by atoms with Crippen molar-refractivity contribution < 1.29 is 6.22 Å². The van der Waals surface area contributed by atoms with Crippen molar-refractivity contribution in [2.24, 2.45) is 28.7 Å². The lowest BCUT2D eigenvalue weighted by molar-refractivity contribution is 0.0659. The Kier molecular flexibility index (Phi) is 11.9. The zero-order chi connectivity index (χ0) is 38.6. The Morgan fingerprint density at radius 2 is 1.78 bits per heavy atom. The topological polar surface area (TPSA) is 104 Å². The van der Waals surface area contributed by atoms with Crippen molar-refractivity contribution in [2.75, 3.05) is 39.5 Å². The molecule has 2 aliphatic heterocycles. The first-order valence-corrected chi connectivity index (χ1v) is 19.6. The molecule has 2 atom stereocenters. The largest absolute Gasteiger partial charge is 0.404 e. The lowest BCUT2D eigenvalue weighted by Crippen LogP contribution is -2.44. The van der Waals surface area contributed by atoms with Gasteiger partial charge in [0.05, 0.1) is 11.4 Å². The van der Waals surface area contributed by atoms with Gasteiger partial charge in [0.15, 0.2) is 0 Å². The van der Waals surface area contributed by atoms with Crippen LogP contribution in [0.25, 0.3) is 28.0 Å². The van der Waals surface area contributed by atoms with Gasteiger partial charge in [0.25, 0.3) is 5.91 Å². The van der Waals surface area contributed by atoms with E-state index in [9.17, 15) is 4.79 Å². The first-order valence-electron chi connectivity index (χ1n) is 19.6. The number of aliphatic imine (C=N–C) groups is 2. The maximum Gasteiger partial charge on any atom is 0.253 e. The third-order valence-electron chi connectivity index (χ3n) is 11.5. The molecule has 9 nitrogen and oxygen atoms in total. The fourth-order valence-corrected chi connectivity index (χ4v) is 8.25. The molecule has 3 aromatic rings. The van der Waals surface area contributed by atoms with Gasteiger partial charge >= 0.3 is 0 Å². The van der Waals surface area contributed by atoms with E-state index < -0.39 is 5.66 Å². The number of fused-ring (bicyclic) bond motifs is 2. The van der Waals surface area contributed by atoms with Gasteiger partial charge in [0.2, 0.25) is 0 Å². The van der Waals surface area contributed by atoms with E-state index in [4.69, 9.17) is 15.8 Å². The van der Waals surface area contributed by atoms with E-state index in [1.165, 1.54) is 16.7 Å². The molecule has 2 aliphatic carbocycles. The Hall–Kier alpha value is -5.02. The average molecular weight is 729 g/mol. The number of aryl methyl sites for hydroxylation is 2. The molecule has 0 radical (unpaired) electrons. The highest BCUT2D eigenvalue weighted by Crippen LogP contribution is 2.45. The highest BCUT2D eigenvalue weighted by molar-refractivity contribution is 6.09. The molecule has 0 spiro atoms. The van der Waals surface area contributed by atoms with E-state index in [0.29, 0.717) is 5.92 Å². The molecule has 0 saturated carbocycles. The van der Waals surface area contributed by atoms with E-state index in [2.05, 4.69) is 104 Å². The van der Waals surface area contributed by atoms with E-state index in [-0.39, 0.29) is 13.4 Å². The van der Waals surface area contributed by atoms with Crippen LogP contribution in [0.2, 0.25) is 0 Å². The summed E-state index contributed by atoms with van der Waals surface area (Å²) in [6.45, 7) is 10.6. The molecule has 4 aliphatic rings. The lowest BCUT2D eigenvalue weighted by Gasteiger charge is -2.35. The van der Waals surface area contributed by atoms with Gasteiger partial charge in [-0.25, -0.2) is 0 Å². The first kappa shape index (κ1) is 38.7. The number of amides is 1. The highest BCUT2D eigenvalue weighted by atomic mass is 16.2. The second kappa shape index (κ2) is 16.6. The number of nitrogens with two attached hydrogens (primary N) is 1. The van der Waals surface area contributed by atoms with Crippen LogP contribution in [0.5, 0.6) is 0 Å². The monoisotopic (exact) mass is 728 g/mol. The van der Waals surface area contributed by atoms with Crippen molar-refractivity contribution in [1.82, 2.24) is 19.6 Å². The quantitative estimate of drug-likeness (QED) is 0.227. The number of piperidine rings is 1. The Morgan fingerprint density at radius 3 is 2.43 bits per heavy atom. The molecular formula is C45H60N8O. The highest BCUT2D eigenvalue weighted by Gasteiger charge is 2.34. The molecule has 9 heteroatoms. The Morgan fingerprint density at radius 1 is 1.07 bits per heavy atom. The van der Waals surface area contributed by atoms with Crippen LogP contribution in [0.15, 0.2) is 82.5 Å². The minimum Gasteiger partial charge on any atom is -0.404 e. The summed E-state index contributed by atoms with van der Waals surface area (Å²) in [6, 6.07) is 14.9. The molecule has 1 amide bonds. The van der Waals surface area contributed by atoms with E-state index in [1.54, 1.807) is 19.5 Å². The first-order chi connectivity index (χ1) is 26.1. The molecule has 0 bridgehead atoms. The zero-order valence-electron chi connectivity index (χ0n) is 33.5. The maximum absolute atomic E-state index is 13.7. The van der Waals surface area contributed by atoms with Crippen LogP contribution >= 0.6 is 0 Å². The summed E-state index contributed by atoms with van der Waals surface area (Å²) in [6.07, 6.45) is 17.4. The van der Waals surface area contributed by atoms with Crippen LogP contribution in [0.1, 0.15) is 94.0 Å². The maximum atomic E-state index is 13.7. The van der Waals surface area contributed by atoms with Gasteiger partial charge in [-0.05, 0) is 112 Å². The number of benzene rings is 2. The van der Waals surface area contributed by atoms with Crippen molar-refractivity contribution >= 4 is 40.7 Å². The van der Waals surface area contributed by atoms with Gasteiger partial charge in [0, 0.05) is 80.8 Å². The smallest absolute Gasteiger partial charge is 0.253 e. The van der Waals surface area contributed by atoms with Gasteiger partial charge in [0.1, 0.15) is 5.66 Å². The van der Waals surface area contributed by atoms with E-state index >= 15 is 0 Å². The molecule has 286 valence electrons. The van der Waals surface area contributed by atoms with Crippen LogP contribution in [-0.2, 0) is 13.5 Å². The molecule has 3 heterocycles. The van der Waals surface area contributed by atoms with Crippen LogP contribution < -0.4 is 11.1 Å². The number of carbonyl (C=O) groups excluding carboxylic acids is 1. The molecule has 54 heavy (non-hydrogen) atoms. The summed E-state index contributed by atoms with van der Waals surface area (Å²) in [5.41, 5.74) is 18.5. The number of anilines is 1. The van der Waals surface area contributed by atoms with E-state index in [1.807, 2.05) is 36.5 Å². The van der Waals surface area contributed by atoms with Gasteiger partial charge in [-0.2, -0.15) is 5.10 Å². The number of nitrogens with zero attached hydrogens (tertiary/aromatic N) is 6. The van der Waals surface area contributed by atoms with Crippen LogP contribution in [0, 0.1) is 5.92 Å². The minimum absolute atomic E-state index is 0. The molecule has 3 N–H and O–H groups in total. The van der Waals surface area contributed by atoms with Crippen LogP contribution in [0.4, 0.5) is 5.69 Å². The second-order valence-electron chi connectivity index (χ2n) is 15.1. The molecule has 2 unspecified atom stereocenters. The fourth-order valence-electron chi connectivity index (χ4n) is 8.25. The van der Waals surface area contributed by atoms with Crippen LogP contribution in [0.3, 0.4) is 0 Å². The van der Waals surface area contributed by atoms with Crippen molar-refractivity contribution in [2.45, 2.75) is 77.9 Å². The Bertz CT molecular complexity index is 2040. The summed E-state index contributed by atoms with van der Waals surface area (Å²) in [5, 5.41) is 8.87.